The van der Waals surface area contributed by atoms with Gasteiger partial charge in [-0.05, 0) is 26.0 Å². The summed E-state index contributed by atoms with van der Waals surface area (Å²) in [7, 11) is 0. The molecule has 0 radical (unpaired) electrons. The van der Waals surface area contributed by atoms with E-state index in [1.807, 2.05) is 6.92 Å². The molecule has 3 aromatic rings. The summed E-state index contributed by atoms with van der Waals surface area (Å²) < 4.78 is 21.7. The monoisotopic (exact) mass is 437 g/mol. The number of aromatic nitrogens is 3. The normalized spacial score (nSPS) is 10.9. The Kier molecular flexibility index (Phi) is 6.39. The molecule has 0 aliphatic carbocycles. The largest absolute Gasteiger partial charge is 0.462 e. The van der Waals surface area contributed by atoms with Gasteiger partial charge in [-0.1, -0.05) is 29.3 Å². The topological polar surface area (TPSA) is 66.1 Å². The second-order valence-electron chi connectivity index (χ2n) is 6.19. The Hall–Kier alpha value is -2.64. The highest BCUT2D eigenvalue weighted by Gasteiger charge is 2.24. The molecule has 0 fully saturated rings. The average molecular weight is 438 g/mol. The molecule has 0 aliphatic rings. The van der Waals surface area contributed by atoms with Crippen LogP contribution in [0.2, 0.25) is 10.0 Å². The van der Waals surface area contributed by atoms with Gasteiger partial charge in [0.1, 0.15) is 5.56 Å². The number of ether oxygens (including phenoxy) is 1. The number of carbonyl (C=O) groups excluding carboxylic acids is 1. The van der Waals surface area contributed by atoms with Crippen molar-refractivity contribution in [3.63, 3.8) is 0 Å². The molecule has 3 rings (SSSR count). The highest BCUT2D eigenvalue weighted by molar-refractivity contribution is 6.42. The van der Waals surface area contributed by atoms with Gasteiger partial charge in [-0.25, -0.2) is 9.78 Å². The van der Waals surface area contributed by atoms with Crippen LogP contribution in [-0.4, -0.2) is 26.7 Å². The number of hydrogen-bond donors (Lipinski definition) is 0. The number of esters is 1. The van der Waals surface area contributed by atoms with Gasteiger partial charge in [-0.2, -0.15) is 4.39 Å². The maximum Gasteiger partial charge on any atom is 0.344 e. The Bertz CT molecular complexity index is 1120. The number of imidazole rings is 1. The van der Waals surface area contributed by atoms with E-state index in [2.05, 4.69) is 4.98 Å². The van der Waals surface area contributed by atoms with Crippen LogP contribution in [0.15, 0.2) is 41.6 Å². The molecule has 2 heterocycles. The van der Waals surface area contributed by atoms with Crippen molar-refractivity contribution in [1.29, 1.82) is 0 Å². The minimum absolute atomic E-state index is 0.0901. The van der Waals surface area contributed by atoms with Crippen LogP contribution in [0.1, 0.15) is 29.9 Å². The third-order valence-electron chi connectivity index (χ3n) is 4.33. The van der Waals surface area contributed by atoms with Crippen LogP contribution in [-0.2, 0) is 17.8 Å². The van der Waals surface area contributed by atoms with Crippen LogP contribution >= 0.6 is 23.2 Å². The van der Waals surface area contributed by atoms with Crippen LogP contribution in [0, 0.1) is 5.95 Å². The molecule has 0 aliphatic heterocycles. The van der Waals surface area contributed by atoms with Gasteiger partial charge in [0.2, 0.25) is 5.95 Å². The van der Waals surface area contributed by atoms with E-state index in [0.29, 0.717) is 28.5 Å². The smallest absolute Gasteiger partial charge is 0.344 e. The Balaban J connectivity index is 2.28. The fourth-order valence-electron chi connectivity index (χ4n) is 3.14. The van der Waals surface area contributed by atoms with Gasteiger partial charge in [0, 0.05) is 23.9 Å². The zero-order valence-corrected chi connectivity index (χ0v) is 17.3. The Labute approximate surface area is 176 Å². The Morgan fingerprint density at radius 2 is 1.97 bits per heavy atom. The molecule has 0 atom stereocenters. The maximum absolute atomic E-state index is 13.3. The molecule has 9 heteroatoms. The van der Waals surface area contributed by atoms with Gasteiger partial charge in [0.05, 0.1) is 41.4 Å². The molecule has 0 bridgehead atoms. The summed E-state index contributed by atoms with van der Waals surface area (Å²) >= 11 is 12.2. The molecule has 0 spiro atoms. The third-order valence-corrected chi connectivity index (χ3v) is 5.07. The quantitative estimate of drug-likeness (QED) is 0.535. The number of pyridine rings is 1. The first-order valence-electron chi connectivity index (χ1n) is 8.92. The lowest BCUT2D eigenvalue weighted by Crippen LogP contribution is -2.25. The first kappa shape index (κ1) is 21.1. The molecule has 0 N–H and O–H groups in total. The van der Waals surface area contributed by atoms with Gasteiger partial charge >= 0.3 is 5.97 Å². The standard InChI is InChI=1S/C20H18Cl2FN3O3/c1-3-26-13(9-25-10-17(23)24-11-25)8-16(27)18(20(28)29-4-2)19(26)12-5-6-14(21)15(22)7-12/h5-8,10-11H,3-4,9H2,1-2H3. The number of carbonyl (C=O) groups is 1. The molecule has 0 saturated heterocycles. The van der Waals surface area contributed by atoms with Crippen molar-refractivity contribution in [2.45, 2.75) is 26.9 Å². The van der Waals surface area contributed by atoms with E-state index in [9.17, 15) is 14.0 Å². The summed E-state index contributed by atoms with van der Waals surface area (Å²) in [6.45, 7) is 4.29. The van der Waals surface area contributed by atoms with E-state index >= 15 is 0 Å². The lowest BCUT2D eigenvalue weighted by Gasteiger charge is -2.21. The number of halogens is 3. The molecule has 0 amide bonds. The zero-order valence-electron chi connectivity index (χ0n) is 15.8. The fraction of sp³-hybridized carbons (Fsp3) is 0.250. The van der Waals surface area contributed by atoms with Crippen LogP contribution in [0.25, 0.3) is 11.3 Å². The van der Waals surface area contributed by atoms with Crippen molar-refractivity contribution in [2.75, 3.05) is 6.61 Å². The molecule has 29 heavy (non-hydrogen) atoms. The van der Waals surface area contributed by atoms with Gasteiger partial charge in [-0.3, -0.25) is 4.79 Å². The van der Waals surface area contributed by atoms with Gasteiger partial charge in [0.15, 0.2) is 5.43 Å². The highest BCUT2D eigenvalue weighted by atomic mass is 35.5. The summed E-state index contributed by atoms with van der Waals surface area (Å²) in [5.74, 6) is -1.34. The lowest BCUT2D eigenvalue weighted by molar-refractivity contribution is 0.0525. The van der Waals surface area contributed by atoms with Crippen molar-refractivity contribution in [3.8, 4) is 11.3 Å². The molecule has 6 nitrogen and oxygen atoms in total. The Morgan fingerprint density at radius 1 is 1.21 bits per heavy atom. The molecule has 152 valence electrons. The molecule has 1 aromatic carbocycles. The maximum atomic E-state index is 13.3. The van der Waals surface area contributed by atoms with E-state index in [-0.39, 0.29) is 23.7 Å². The number of nitrogens with zero attached hydrogens (tertiary/aromatic N) is 3. The summed E-state index contributed by atoms with van der Waals surface area (Å²) in [5, 5.41) is 0.639. The summed E-state index contributed by atoms with van der Waals surface area (Å²) in [6, 6.07) is 6.22. The van der Waals surface area contributed by atoms with Crippen LogP contribution < -0.4 is 5.43 Å². The zero-order chi connectivity index (χ0) is 21.1. The van der Waals surface area contributed by atoms with E-state index in [1.165, 1.54) is 23.2 Å². The minimum atomic E-state index is -0.721. The lowest BCUT2D eigenvalue weighted by atomic mass is 10.0. The Morgan fingerprint density at radius 3 is 2.55 bits per heavy atom. The van der Waals surface area contributed by atoms with E-state index in [1.54, 1.807) is 29.7 Å². The summed E-state index contributed by atoms with van der Waals surface area (Å²) in [5.41, 5.74) is 0.897. The van der Waals surface area contributed by atoms with E-state index in [4.69, 9.17) is 27.9 Å². The fourth-order valence-corrected chi connectivity index (χ4v) is 3.44. The van der Waals surface area contributed by atoms with Gasteiger partial charge in [-0.15, -0.1) is 0 Å². The SMILES string of the molecule is CCOC(=O)c1c(-c2ccc(Cl)c(Cl)c2)n(CC)c(Cn2cnc(F)c2)cc1=O. The molecule has 0 unspecified atom stereocenters. The van der Waals surface area contributed by atoms with E-state index < -0.39 is 17.3 Å². The number of rotatable bonds is 6. The van der Waals surface area contributed by atoms with Gasteiger partial charge in [0.25, 0.3) is 0 Å². The van der Waals surface area contributed by atoms with Crippen molar-refractivity contribution in [3.05, 3.63) is 74.3 Å². The van der Waals surface area contributed by atoms with Crippen LogP contribution in [0.4, 0.5) is 4.39 Å². The molecule has 0 saturated carbocycles. The molecular formula is C20H18Cl2FN3O3. The second kappa shape index (κ2) is 8.80. The third kappa shape index (κ3) is 4.36. The molecule has 2 aromatic heterocycles. The average Bonchev–Trinajstić information content (AvgIpc) is 3.08. The number of hydrogen-bond acceptors (Lipinski definition) is 4. The minimum Gasteiger partial charge on any atom is -0.462 e. The highest BCUT2D eigenvalue weighted by Crippen LogP contribution is 2.31. The van der Waals surface area contributed by atoms with Crippen LogP contribution in [0.3, 0.4) is 0 Å². The van der Waals surface area contributed by atoms with Crippen molar-refractivity contribution >= 4 is 29.2 Å². The van der Waals surface area contributed by atoms with Crippen molar-refractivity contribution in [2.24, 2.45) is 0 Å². The predicted octanol–water partition coefficient (Wildman–Crippen LogP) is 4.40. The summed E-state index contributed by atoms with van der Waals surface area (Å²) in [4.78, 5) is 29.1. The van der Waals surface area contributed by atoms with Crippen molar-refractivity contribution < 1.29 is 13.9 Å². The molecular weight excluding hydrogens is 420 g/mol. The first-order chi connectivity index (χ1) is 13.8. The van der Waals surface area contributed by atoms with Gasteiger partial charge < -0.3 is 13.9 Å². The number of benzene rings is 1. The predicted molar refractivity (Wildman–Crippen MR) is 109 cm³/mol. The first-order valence-corrected chi connectivity index (χ1v) is 9.67. The van der Waals surface area contributed by atoms with E-state index in [0.717, 1.165) is 0 Å². The second-order valence-corrected chi connectivity index (χ2v) is 7.00. The van der Waals surface area contributed by atoms with Crippen LogP contribution in [0.5, 0.6) is 0 Å². The summed E-state index contributed by atoms with van der Waals surface area (Å²) in [6.07, 6.45) is 2.56. The van der Waals surface area contributed by atoms with Crippen molar-refractivity contribution in [1.82, 2.24) is 14.1 Å².